The molecule has 0 saturated heterocycles. The highest BCUT2D eigenvalue weighted by atomic mass is 79.9. The van der Waals surface area contributed by atoms with Crippen LogP contribution >= 0.6 is 15.9 Å². The Hall–Kier alpha value is -1.32. The van der Waals surface area contributed by atoms with Gasteiger partial charge < -0.3 is 9.84 Å². The molecule has 110 valence electrons. The summed E-state index contributed by atoms with van der Waals surface area (Å²) in [5.74, 6) is 1.31. The topological polar surface area (TPSA) is 29.5 Å². The zero-order valence-corrected chi connectivity index (χ0v) is 13.6. The molecule has 1 aliphatic rings. The van der Waals surface area contributed by atoms with Crippen molar-refractivity contribution < 1.29 is 9.84 Å². The third kappa shape index (κ3) is 3.14. The minimum atomic E-state index is -0.462. The van der Waals surface area contributed by atoms with Gasteiger partial charge in [-0.25, -0.2) is 0 Å². The second-order valence-electron chi connectivity index (χ2n) is 5.65. The Morgan fingerprint density at radius 1 is 1.29 bits per heavy atom. The van der Waals surface area contributed by atoms with Crippen molar-refractivity contribution in [1.82, 2.24) is 0 Å². The van der Waals surface area contributed by atoms with Crippen LogP contribution in [0.3, 0.4) is 0 Å². The Labute approximate surface area is 133 Å². The van der Waals surface area contributed by atoms with Crippen LogP contribution < -0.4 is 4.74 Å². The van der Waals surface area contributed by atoms with Gasteiger partial charge in [0.1, 0.15) is 5.75 Å². The van der Waals surface area contributed by atoms with Crippen molar-refractivity contribution in [1.29, 1.82) is 0 Å². The van der Waals surface area contributed by atoms with Crippen molar-refractivity contribution in [2.24, 2.45) is 0 Å². The first kappa shape index (κ1) is 14.6. The van der Waals surface area contributed by atoms with E-state index in [9.17, 15) is 5.11 Å². The molecule has 0 bridgehead atoms. The van der Waals surface area contributed by atoms with Crippen molar-refractivity contribution in [3.8, 4) is 5.75 Å². The second-order valence-corrected chi connectivity index (χ2v) is 6.50. The maximum Gasteiger partial charge on any atom is 0.122 e. The fourth-order valence-electron chi connectivity index (χ4n) is 2.96. The number of rotatable bonds is 3. The molecule has 21 heavy (non-hydrogen) atoms. The van der Waals surface area contributed by atoms with Gasteiger partial charge in [0, 0.05) is 4.47 Å². The molecule has 0 amide bonds. The van der Waals surface area contributed by atoms with Crippen LogP contribution in [0.5, 0.6) is 5.75 Å². The minimum absolute atomic E-state index is 0.346. The van der Waals surface area contributed by atoms with E-state index in [2.05, 4.69) is 35.0 Å². The van der Waals surface area contributed by atoms with Crippen molar-refractivity contribution in [2.45, 2.75) is 31.8 Å². The molecule has 0 fully saturated rings. The number of fused-ring (bicyclic) bond motifs is 1. The quantitative estimate of drug-likeness (QED) is 0.868. The van der Waals surface area contributed by atoms with Crippen LogP contribution in [0.15, 0.2) is 46.9 Å². The maximum atomic E-state index is 10.6. The molecule has 2 aromatic rings. The van der Waals surface area contributed by atoms with E-state index in [-0.39, 0.29) is 0 Å². The van der Waals surface area contributed by atoms with Gasteiger partial charge in [-0.15, -0.1) is 0 Å². The van der Waals surface area contributed by atoms with Gasteiger partial charge in [-0.2, -0.15) is 0 Å². The summed E-state index contributed by atoms with van der Waals surface area (Å²) in [5.41, 5.74) is 3.37. The van der Waals surface area contributed by atoms with Gasteiger partial charge in [-0.3, -0.25) is 0 Å². The normalized spacial score (nSPS) is 18.7. The first-order chi connectivity index (χ1) is 10.1. The predicted octanol–water partition coefficient (Wildman–Crippen LogP) is 4.75. The lowest BCUT2D eigenvalue weighted by molar-refractivity contribution is 0.144. The first-order valence-electron chi connectivity index (χ1n) is 7.31. The summed E-state index contributed by atoms with van der Waals surface area (Å²) in [6.45, 7) is 2.78. The third-order valence-electron chi connectivity index (χ3n) is 4.11. The fraction of sp³-hybridized carbons (Fsp3) is 0.333. The number of benzene rings is 2. The predicted molar refractivity (Wildman–Crippen MR) is 87.8 cm³/mol. The van der Waals surface area contributed by atoms with Crippen LogP contribution in [0.4, 0.5) is 0 Å². The molecule has 2 atom stereocenters. The molecule has 0 aromatic heterocycles. The number of aliphatic hydroxyl groups excluding tert-OH is 1. The zero-order chi connectivity index (χ0) is 14.8. The summed E-state index contributed by atoms with van der Waals surface area (Å²) in [4.78, 5) is 0. The lowest BCUT2D eigenvalue weighted by Crippen LogP contribution is -2.16. The van der Waals surface area contributed by atoms with Crippen LogP contribution in [-0.2, 0) is 0 Å². The molecular weight excluding hydrogens is 328 g/mol. The molecule has 2 unspecified atom stereocenters. The molecule has 3 rings (SSSR count). The van der Waals surface area contributed by atoms with E-state index in [1.807, 2.05) is 30.3 Å². The summed E-state index contributed by atoms with van der Waals surface area (Å²) in [6.07, 6.45) is 1.22. The first-order valence-corrected chi connectivity index (χ1v) is 8.10. The van der Waals surface area contributed by atoms with E-state index in [0.29, 0.717) is 5.92 Å². The lowest BCUT2D eigenvalue weighted by Gasteiger charge is -2.27. The van der Waals surface area contributed by atoms with Gasteiger partial charge in [0.05, 0.1) is 12.7 Å². The third-order valence-corrected chi connectivity index (χ3v) is 4.79. The van der Waals surface area contributed by atoms with Crippen molar-refractivity contribution in [3.63, 3.8) is 0 Å². The Morgan fingerprint density at radius 3 is 2.90 bits per heavy atom. The van der Waals surface area contributed by atoms with E-state index in [4.69, 9.17) is 4.74 Å². The van der Waals surface area contributed by atoms with Gasteiger partial charge in [0.25, 0.3) is 0 Å². The van der Waals surface area contributed by atoms with E-state index >= 15 is 0 Å². The smallest absolute Gasteiger partial charge is 0.122 e. The molecule has 0 radical (unpaired) electrons. The van der Waals surface area contributed by atoms with Crippen LogP contribution in [0, 0.1) is 6.92 Å². The van der Waals surface area contributed by atoms with Crippen molar-refractivity contribution in [2.75, 3.05) is 6.61 Å². The highest BCUT2D eigenvalue weighted by Crippen LogP contribution is 2.39. The Balaban J connectivity index is 1.81. The highest BCUT2D eigenvalue weighted by Gasteiger charge is 2.24. The van der Waals surface area contributed by atoms with E-state index in [1.54, 1.807) is 0 Å². The molecule has 0 aliphatic carbocycles. The molecule has 0 spiro atoms. The van der Waals surface area contributed by atoms with Gasteiger partial charge in [-0.05, 0) is 54.5 Å². The molecule has 2 aromatic carbocycles. The van der Waals surface area contributed by atoms with Gasteiger partial charge in [0.2, 0.25) is 0 Å². The molecular formula is C18H19BrO2. The maximum absolute atomic E-state index is 10.6. The molecule has 2 nitrogen and oxygen atoms in total. The number of aliphatic hydroxyl groups is 1. The van der Waals surface area contributed by atoms with Crippen LogP contribution in [0.1, 0.15) is 41.6 Å². The highest BCUT2D eigenvalue weighted by molar-refractivity contribution is 9.10. The number of aryl methyl sites for hydroxylation is 1. The largest absolute Gasteiger partial charge is 0.493 e. The number of para-hydroxylation sites is 1. The van der Waals surface area contributed by atoms with Gasteiger partial charge in [0.15, 0.2) is 0 Å². The monoisotopic (exact) mass is 346 g/mol. The molecule has 3 heteroatoms. The summed E-state index contributed by atoms with van der Waals surface area (Å²) in [7, 11) is 0. The minimum Gasteiger partial charge on any atom is -0.493 e. The van der Waals surface area contributed by atoms with Gasteiger partial charge >= 0.3 is 0 Å². The standard InChI is InChI=1S/C18H19BrO2/c1-12-6-7-15(16(19)10-12)17(20)11-13-8-9-21-18-5-3-2-4-14(13)18/h2-7,10,13,17,20H,8-9,11H2,1H3. The average molecular weight is 347 g/mol. The number of ether oxygens (including phenoxy) is 1. The number of hydrogen-bond donors (Lipinski definition) is 1. The summed E-state index contributed by atoms with van der Waals surface area (Å²) >= 11 is 3.56. The van der Waals surface area contributed by atoms with E-state index in [1.165, 1.54) is 11.1 Å². The molecule has 1 heterocycles. The molecule has 1 aliphatic heterocycles. The van der Waals surface area contributed by atoms with E-state index in [0.717, 1.165) is 35.2 Å². The van der Waals surface area contributed by atoms with E-state index < -0.39 is 6.10 Å². The average Bonchev–Trinajstić information content (AvgIpc) is 2.47. The Morgan fingerprint density at radius 2 is 2.10 bits per heavy atom. The SMILES string of the molecule is Cc1ccc(C(O)CC2CCOc3ccccc32)c(Br)c1. The van der Waals surface area contributed by atoms with Crippen molar-refractivity contribution in [3.05, 3.63) is 63.6 Å². The fourth-order valence-corrected chi connectivity index (χ4v) is 3.72. The number of halogens is 1. The van der Waals surface area contributed by atoms with Crippen LogP contribution in [-0.4, -0.2) is 11.7 Å². The molecule has 0 saturated carbocycles. The van der Waals surface area contributed by atoms with Crippen molar-refractivity contribution >= 4 is 15.9 Å². The Kier molecular flexibility index (Phi) is 4.32. The molecule has 1 N–H and O–H groups in total. The number of hydrogen-bond acceptors (Lipinski definition) is 2. The zero-order valence-electron chi connectivity index (χ0n) is 12.1. The summed E-state index contributed by atoms with van der Waals surface area (Å²) in [6, 6.07) is 14.3. The second kappa shape index (κ2) is 6.20. The summed E-state index contributed by atoms with van der Waals surface area (Å²) in [5, 5.41) is 10.6. The lowest BCUT2D eigenvalue weighted by atomic mass is 9.86. The van der Waals surface area contributed by atoms with Gasteiger partial charge in [-0.1, -0.05) is 46.3 Å². The van der Waals surface area contributed by atoms with Crippen LogP contribution in [0.2, 0.25) is 0 Å². The Bertz CT molecular complexity index is 639. The van der Waals surface area contributed by atoms with Crippen LogP contribution in [0.25, 0.3) is 0 Å². The summed E-state index contributed by atoms with van der Waals surface area (Å²) < 4.78 is 6.67.